The van der Waals surface area contributed by atoms with Crippen LogP contribution >= 0.6 is 11.6 Å². The lowest BCUT2D eigenvalue weighted by Gasteiger charge is -2.19. The molecule has 0 saturated carbocycles. The molecular formula is C21H25ClN4O3S. The summed E-state index contributed by atoms with van der Waals surface area (Å²) >= 11 is 6.07. The van der Waals surface area contributed by atoms with Crippen LogP contribution in [0.4, 0.5) is 0 Å². The lowest BCUT2D eigenvalue weighted by atomic mass is 10.1. The number of methoxy groups -OCH3 is 1. The number of hydrogen-bond acceptors (Lipinski definition) is 5. The average molecular weight is 449 g/mol. The highest BCUT2D eigenvalue weighted by molar-refractivity contribution is 7.89. The molecule has 1 fully saturated rings. The molecule has 0 radical (unpaired) electrons. The molecule has 3 heterocycles. The zero-order valence-corrected chi connectivity index (χ0v) is 18.8. The third kappa shape index (κ3) is 3.79. The van der Waals surface area contributed by atoms with E-state index in [2.05, 4.69) is 23.4 Å². The van der Waals surface area contributed by atoms with Crippen molar-refractivity contribution in [3.63, 3.8) is 0 Å². The summed E-state index contributed by atoms with van der Waals surface area (Å²) in [6.45, 7) is 5.91. The standard InChI is InChI=1S/C21H25ClN4O3S/c1-14(2)12-26-18-11-23-8-6-17(18)24-21(26)15-7-9-25(13-15)30(27,28)20-10-16(22)4-5-19(20)29-3/h4-6,8,10-11,14-15H,7,9,12-13H2,1-3H3. The number of hydrogen-bond donors (Lipinski definition) is 0. The number of ether oxygens (including phenoxy) is 1. The Morgan fingerprint density at radius 1 is 1.30 bits per heavy atom. The van der Waals surface area contributed by atoms with E-state index in [1.807, 2.05) is 12.3 Å². The lowest BCUT2D eigenvalue weighted by Crippen LogP contribution is -2.29. The Labute approximate surface area is 181 Å². The molecule has 1 aliphatic rings. The van der Waals surface area contributed by atoms with E-state index < -0.39 is 10.0 Å². The smallest absolute Gasteiger partial charge is 0.246 e. The van der Waals surface area contributed by atoms with Gasteiger partial charge in [0.05, 0.1) is 24.3 Å². The Balaban J connectivity index is 1.68. The maximum atomic E-state index is 13.3. The van der Waals surface area contributed by atoms with E-state index in [-0.39, 0.29) is 10.8 Å². The Bertz CT molecular complexity index is 1180. The van der Waals surface area contributed by atoms with Gasteiger partial charge in [-0.2, -0.15) is 4.31 Å². The van der Waals surface area contributed by atoms with Gasteiger partial charge in [-0.15, -0.1) is 0 Å². The molecule has 0 aliphatic carbocycles. The minimum Gasteiger partial charge on any atom is -0.495 e. The van der Waals surface area contributed by atoms with Crippen LogP contribution in [-0.4, -0.2) is 47.5 Å². The Hall–Kier alpha value is -2.16. The summed E-state index contributed by atoms with van der Waals surface area (Å²) in [4.78, 5) is 9.18. The van der Waals surface area contributed by atoms with Crippen molar-refractivity contribution in [3.05, 3.63) is 47.5 Å². The molecule has 1 aliphatic heterocycles. The summed E-state index contributed by atoms with van der Waals surface area (Å²) in [6, 6.07) is 6.55. The molecule has 1 saturated heterocycles. The van der Waals surface area contributed by atoms with Crippen molar-refractivity contribution in [1.29, 1.82) is 0 Å². The molecule has 0 N–H and O–H groups in total. The van der Waals surface area contributed by atoms with E-state index in [9.17, 15) is 8.42 Å². The van der Waals surface area contributed by atoms with Crippen molar-refractivity contribution >= 4 is 32.7 Å². The van der Waals surface area contributed by atoms with Crippen LogP contribution in [-0.2, 0) is 16.6 Å². The summed E-state index contributed by atoms with van der Waals surface area (Å²) in [5.41, 5.74) is 1.87. The van der Waals surface area contributed by atoms with Gasteiger partial charge in [-0.05, 0) is 36.6 Å². The van der Waals surface area contributed by atoms with E-state index in [0.29, 0.717) is 36.2 Å². The summed E-state index contributed by atoms with van der Waals surface area (Å²) in [5.74, 6) is 1.65. The van der Waals surface area contributed by atoms with E-state index in [1.165, 1.54) is 17.5 Å². The van der Waals surface area contributed by atoms with Crippen LogP contribution in [0.2, 0.25) is 5.02 Å². The van der Waals surface area contributed by atoms with Gasteiger partial charge in [0, 0.05) is 36.8 Å². The fraction of sp³-hybridized carbons (Fsp3) is 0.429. The molecule has 0 spiro atoms. The highest BCUT2D eigenvalue weighted by Crippen LogP contribution is 2.36. The molecule has 2 aromatic heterocycles. The van der Waals surface area contributed by atoms with Gasteiger partial charge in [-0.1, -0.05) is 25.4 Å². The van der Waals surface area contributed by atoms with Gasteiger partial charge in [0.25, 0.3) is 0 Å². The minimum atomic E-state index is -3.74. The predicted octanol–water partition coefficient (Wildman–Crippen LogP) is 3.93. The van der Waals surface area contributed by atoms with Gasteiger partial charge in [-0.3, -0.25) is 4.98 Å². The van der Waals surface area contributed by atoms with Gasteiger partial charge < -0.3 is 9.30 Å². The van der Waals surface area contributed by atoms with Gasteiger partial charge >= 0.3 is 0 Å². The van der Waals surface area contributed by atoms with Crippen molar-refractivity contribution < 1.29 is 13.2 Å². The second-order valence-corrected chi connectivity index (χ2v) is 10.3. The first-order chi connectivity index (χ1) is 14.3. The third-order valence-electron chi connectivity index (χ3n) is 5.39. The first-order valence-corrected chi connectivity index (χ1v) is 11.8. The maximum absolute atomic E-state index is 13.3. The quantitative estimate of drug-likeness (QED) is 0.571. The van der Waals surface area contributed by atoms with Crippen LogP contribution in [0.3, 0.4) is 0 Å². The van der Waals surface area contributed by atoms with Crippen molar-refractivity contribution in [1.82, 2.24) is 18.8 Å². The predicted molar refractivity (Wildman–Crippen MR) is 116 cm³/mol. The fourth-order valence-corrected chi connectivity index (χ4v) is 5.92. The summed E-state index contributed by atoms with van der Waals surface area (Å²) in [7, 11) is -2.28. The Kier molecular flexibility index (Phi) is 5.74. The first-order valence-electron chi connectivity index (χ1n) is 9.95. The number of nitrogens with zero attached hydrogens (tertiary/aromatic N) is 4. The number of benzene rings is 1. The maximum Gasteiger partial charge on any atom is 0.246 e. The summed E-state index contributed by atoms with van der Waals surface area (Å²) in [5, 5.41) is 0.358. The van der Waals surface area contributed by atoms with Crippen LogP contribution in [0.25, 0.3) is 11.0 Å². The van der Waals surface area contributed by atoms with Gasteiger partial charge in [0.15, 0.2) is 0 Å². The van der Waals surface area contributed by atoms with Crippen molar-refractivity contribution in [3.8, 4) is 5.75 Å². The number of rotatable bonds is 6. The van der Waals surface area contributed by atoms with E-state index in [0.717, 1.165) is 23.4 Å². The molecule has 1 atom stereocenters. The van der Waals surface area contributed by atoms with E-state index in [1.54, 1.807) is 18.3 Å². The highest BCUT2D eigenvalue weighted by atomic mass is 35.5. The summed E-state index contributed by atoms with van der Waals surface area (Å²) < 4.78 is 35.6. The molecule has 0 bridgehead atoms. The second kappa shape index (κ2) is 8.17. The third-order valence-corrected chi connectivity index (χ3v) is 7.51. The topological polar surface area (TPSA) is 77.3 Å². The van der Waals surface area contributed by atoms with Crippen LogP contribution in [0.15, 0.2) is 41.6 Å². The highest BCUT2D eigenvalue weighted by Gasteiger charge is 2.37. The molecule has 4 rings (SSSR count). The molecule has 9 heteroatoms. The molecule has 1 aromatic carbocycles. The average Bonchev–Trinajstić information content (AvgIpc) is 3.33. The van der Waals surface area contributed by atoms with Gasteiger partial charge in [0.2, 0.25) is 10.0 Å². The molecule has 7 nitrogen and oxygen atoms in total. The van der Waals surface area contributed by atoms with Crippen LogP contribution in [0.1, 0.15) is 32.0 Å². The molecule has 3 aromatic rings. The lowest BCUT2D eigenvalue weighted by molar-refractivity contribution is 0.398. The number of aromatic nitrogens is 3. The molecule has 0 amide bonds. The number of sulfonamides is 1. The SMILES string of the molecule is COc1ccc(Cl)cc1S(=O)(=O)N1CCC(c2nc3ccncc3n2CC(C)C)C1. The van der Waals surface area contributed by atoms with E-state index in [4.69, 9.17) is 21.3 Å². The first kappa shape index (κ1) is 21.1. The zero-order valence-electron chi connectivity index (χ0n) is 17.2. The van der Waals surface area contributed by atoms with Crippen LogP contribution in [0.5, 0.6) is 5.75 Å². The number of fused-ring (bicyclic) bond motifs is 1. The largest absolute Gasteiger partial charge is 0.495 e. The Morgan fingerprint density at radius 2 is 2.10 bits per heavy atom. The molecule has 160 valence electrons. The Morgan fingerprint density at radius 3 is 2.83 bits per heavy atom. The number of imidazole rings is 1. The second-order valence-electron chi connectivity index (χ2n) is 7.98. The number of pyridine rings is 1. The molecule has 1 unspecified atom stereocenters. The van der Waals surface area contributed by atoms with Crippen molar-refractivity contribution in [2.75, 3.05) is 20.2 Å². The van der Waals surface area contributed by atoms with Crippen molar-refractivity contribution in [2.45, 2.75) is 37.6 Å². The van der Waals surface area contributed by atoms with Crippen molar-refractivity contribution in [2.24, 2.45) is 5.92 Å². The van der Waals surface area contributed by atoms with E-state index >= 15 is 0 Å². The van der Waals surface area contributed by atoms with Crippen LogP contribution in [0, 0.1) is 5.92 Å². The zero-order chi connectivity index (χ0) is 21.5. The minimum absolute atomic E-state index is 0.0103. The molecular weight excluding hydrogens is 424 g/mol. The normalized spacial score (nSPS) is 17.8. The van der Waals surface area contributed by atoms with Gasteiger partial charge in [-0.25, -0.2) is 13.4 Å². The molecule has 30 heavy (non-hydrogen) atoms. The summed E-state index contributed by atoms with van der Waals surface area (Å²) in [6.07, 6.45) is 4.27. The fourth-order valence-electron chi connectivity index (χ4n) is 4.01. The number of halogens is 1. The van der Waals surface area contributed by atoms with Crippen LogP contribution < -0.4 is 4.74 Å². The monoisotopic (exact) mass is 448 g/mol. The van der Waals surface area contributed by atoms with Gasteiger partial charge in [0.1, 0.15) is 16.5 Å².